The number of nitrogens with zero attached hydrogens (tertiary/aromatic N) is 5. The fourth-order valence-corrected chi connectivity index (χ4v) is 4.77. The van der Waals surface area contributed by atoms with E-state index in [2.05, 4.69) is 25.6 Å². The molecule has 0 spiro atoms. The Labute approximate surface area is 207 Å². The van der Waals surface area contributed by atoms with Crippen LogP contribution in [0, 0.1) is 20.8 Å². The number of nitrogens with one attached hydrogen (secondary N) is 1. The molecule has 35 heavy (non-hydrogen) atoms. The topological polar surface area (TPSA) is 146 Å². The predicted molar refractivity (Wildman–Crippen MR) is 133 cm³/mol. The molecule has 10 nitrogen and oxygen atoms in total. The molecule has 4 aromatic rings. The van der Waals surface area contributed by atoms with Gasteiger partial charge in [0, 0.05) is 22.8 Å². The number of rotatable bonds is 7. The largest absolute Gasteiger partial charge is 0.321 e. The van der Waals surface area contributed by atoms with E-state index in [1.165, 1.54) is 36.0 Å². The number of aryl methyl sites for hydroxylation is 3. The monoisotopic (exact) mass is 509 g/mol. The number of carbonyl (C=O) groups excluding carboxylic acids is 1. The van der Waals surface area contributed by atoms with E-state index in [1.807, 2.05) is 51.1 Å². The highest BCUT2D eigenvalue weighted by Gasteiger charge is 2.22. The Kier molecular flexibility index (Phi) is 6.96. The maximum Gasteiger partial charge on any atom is 0.278 e. The van der Waals surface area contributed by atoms with E-state index in [1.54, 1.807) is 4.68 Å². The first-order valence-corrected chi connectivity index (χ1v) is 13.0. The normalized spacial score (nSPS) is 11.4. The van der Waals surface area contributed by atoms with E-state index >= 15 is 0 Å². The summed E-state index contributed by atoms with van der Waals surface area (Å²) in [6.45, 7) is 5.78. The molecular formula is C23H23N7O3S2. The van der Waals surface area contributed by atoms with Crippen molar-refractivity contribution >= 4 is 33.4 Å². The Morgan fingerprint density at radius 3 is 2.23 bits per heavy atom. The first kappa shape index (κ1) is 24.5. The van der Waals surface area contributed by atoms with Crippen molar-refractivity contribution in [3.8, 4) is 5.69 Å². The number of sulfonamides is 1. The van der Waals surface area contributed by atoms with Crippen LogP contribution in [0.15, 0.2) is 64.6 Å². The molecule has 1 amide bonds. The second kappa shape index (κ2) is 9.94. The molecule has 0 saturated carbocycles. The summed E-state index contributed by atoms with van der Waals surface area (Å²) in [6, 6.07) is 15.2. The third kappa shape index (κ3) is 5.91. The van der Waals surface area contributed by atoms with Crippen LogP contribution in [-0.4, -0.2) is 39.3 Å². The molecule has 0 aliphatic rings. The Hall–Kier alpha value is -3.61. The summed E-state index contributed by atoms with van der Waals surface area (Å²) < 4.78 is 24.6. The first-order chi connectivity index (χ1) is 16.6. The molecule has 0 unspecified atom stereocenters. The fraction of sp³-hybridized carbons (Fsp3) is 0.174. The van der Waals surface area contributed by atoms with Gasteiger partial charge in [-0.3, -0.25) is 4.79 Å². The standard InChI is InChI=1S/C23H23N7O3S2/c1-14-4-8-18(9-5-14)30-20(13-34-23-25-15(2)12-16(3)26-23)21(28-29-30)22(31)27-17-6-10-19(11-7-17)35(24,32)33/h4-12H,13H2,1-3H3,(H,27,31)(H2,24,32,33). The minimum absolute atomic E-state index is 0.0497. The van der Waals surface area contributed by atoms with Gasteiger partial charge in [0.15, 0.2) is 10.9 Å². The Bertz CT molecular complexity index is 1460. The fourth-order valence-electron chi connectivity index (χ4n) is 3.31. The van der Waals surface area contributed by atoms with Gasteiger partial charge in [-0.2, -0.15) is 0 Å². The molecule has 4 rings (SSSR count). The lowest BCUT2D eigenvalue weighted by atomic mass is 10.2. The van der Waals surface area contributed by atoms with Gasteiger partial charge in [-0.15, -0.1) is 5.10 Å². The van der Waals surface area contributed by atoms with Crippen molar-refractivity contribution < 1.29 is 13.2 Å². The van der Waals surface area contributed by atoms with Crippen LogP contribution >= 0.6 is 11.8 Å². The van der Waals surface area contributed by atoms with E-state index < -0.39 is 15.9 Å². The van der Waals surface area contributed by atoms with E-state index in [0.29, 0.717) is 22.3 Å². The van der Waals surface area contributed by atoms with Gasteiger partial charge in [0.25, 0.3) is 5.91 Å². The third-order valence-corrected chi connectivity index (χ3v) is 6.79. The summed E-state index contributed by atoms with van der Waals surface area (Å²) >= 11 is 1.38. The Morgan fingerprint density at radius 1 is 1.00 bits per heavy atom. The van der Waals surface area contributed by atoms with Crippen LogP contribution in [-0.2, 0) is 15.8 Å². The number of aromatic nitrogens is 5. The number of amides is 1. The van der Waals surface area contributed by atoms with Crippen LogP contribution in [0.4, 0.5) is 5.69 Å². The van der Waals surface area contributed by atoms with Crippen molar-refractivity contribution in [1.82, 2.24) is 25.0 Å². The van der Waals surface area contributed by atoms with Gasteiger partial charge >= 0.3 is 0 Å². The summed E-state index contributed by atoms with van der Waals surface area (Å²) in [5.41, 5.74) is 4.66. The van der Waals surface area contributed by atoms with E-state index in [9.17, 15) is 13.2 Å². The molecule has 3 N–H and O–H groups in total. The highest BCUT2D eigenvalue weighted by molar-refractivity contribution is 7.98. The number of thioether (sulfide) groups is 1. The summed E-state index contributed by atoms with van der Waals surface area (Å²) in [4.78, 5) is 22.0. The number of benzene rings is 2. The number of hydrogen-bond donors (Lipinski definition) is 2. The zero-order valence-corrected chi connectivity index (χ0v) is 20.9. The molecule has 0 radical (unpaired) electrons. The quantitative estimate of drug-likeness (QED) is 0.285. The third-order valence-electron chi connectivity index (χ3n) is 5.00. The highest BCUT2D eigenvalue weighted by Crippen LogP contribution is 2.24. The summed E-state index contributed by atoms with van der Waals surface area (Å²) in [5, 5.41) is 16.8. The van der Waals surface area contributed by atoms with Crippen LogP contribution in [0.25, 0.3) is 5.69 Å². The van der Waals surface area contributed by atoms with Gasteiger partial charge < -0.3 is 5.32 Å². The Balaban J connectivity index is 1.65. The minimum atomic E-state index is -3.83. The maximum atomic E-state index is 13.1. The van der Waals surface area contributed by atoms with Crippen LogP contribution in [0.2, 0.25) is 0 Å². The lowest BCUT2D eigenvalue weighted by Crippen LogP contribution is -2.16. The van der Waals surface area contributed by atoms with E-state index in [-0.39, 0.29) is 10.6 Å². The van der Waals surface area contributed by atoms with Crippen molar-refractivity contribution in [3.63, 3.8) is 0 Å². The second-order valence-electron chi connectivity index (χ2n) is 7.88. The maximum absolute atomic E-state index is 13.1. The molecule has 2 heterocycles. The summed E-state index contributed by atoms with van der Waals surface area (Å²) in [7, 11) is -3.83. The van der Waals surface area contributed by atoms with Crippen molar-refractivity contribution in [1.29, 1.82) is 0 Å². The molecule has 12 heteroatoms. The molecule has 0 fully saturated rings. The Morgan fingerprint density at radius 2 is 1.63 bits per heavy atom. The zero-order chi connectivity index (χ0) is 25.2. The number of primary sulfonamides is 1. The van der Waals surface area contributed by atoms with Crippen LogP contribution in [0.5, 0.6) is 0 Å². The molecule has 2 aromatic carbocycles. The molecular weight excluding hydrogens is 486 g/mol. The SMILES string of the molecule is Cc1ccc(-n2nnc(C(=O)Nc3ccc(S(N)(=O)=O)cc3)c2CSc2nc(C)cc(C)n2)cc1. The van der Waals surface area contributed by atoms with Gasteiger partial charge in [0.05, 0.1) is 16.3 Å². The number of hydrogen-bond acceptors (Lipinski definition) is 8. The highest BCUT2D eigenvalue weighted by atomic mass is 32.2. The lowest BCUT2D eigenvalue weighted by Gasteiger charge is -2.09. The lowest BCUT2D eigenvalue weighted by molar-refractivity contribution is 0.102. The second-order valence-corrected chi connectivity index (χ2v) is 10.4. The molecule has 0 saturated heterocycles. The summed E-state index contributed by atoms with van der Waals surface area (Å²) in [6.07, 6.45) is 0. The average molecular weight is 510 g/mol. The smallest absolute Gasteiger partial charge is 0.278 e. The van der Waals surface area contributed by atoms with Crippen molar-refractivity contribution in [2.75, 3.05) is 5.32 Å². The van der Waals surface area contributed by atoms with E-state index in [0.717, 1.165) is 22.6 Å². The van der Waals surface area contributed by atoms with Crippen molar-refractivity contribution in [2.24, 2.45) is 5.14 Å². The molecule has 0 bridgehead atoms. The van der Waals surface area contributed by atoms with Crippen LogP contribution in [0.1, 0.15) is 33.1 Å². The van der Waals surface area contributed by atoms with Crippen molar-refractivity contribution in [2.45, 2.75) is 36.6 Å². The molecule has 0 atom stereocenters. The van der Waals surface area contributed by atoms with Crippen LogP contribution < -0.4 is 10.5 Å². The van der Waals surface area contributed by atoms with Gasteiger partial charge in [0.2, 0.25) is 10.0 Å². The van der Waals surface area contributed by atoms with Gasteiger partial charge in [-0.05, 0) is 63.2 Å². The summed E-state index contributed by atoms with van der Waals surface area (Å²) in [5.74, 6) is -0.139. The number of nitrogens with two attached hydrogens (primary N) is 1. The number of carbonyl (C=O) groups is 1. The molecule has 2 aromatic heterocycles. The molecule has 0 aliphatic carbocycles. The molecule has 180 valence electrons. The molecule has 0 aliphatic heterocycles. The minimum Gasteiger partial charge on any atom is -0.321 e. The predicted octanol–water partition coefficient (Wildman–Crippen LogP) is 3.17. The number of anilines is 1. The average Bonchev–Trinajstić information content (AvgIpc) is 3.21. The zero-order valence-electron chi connectivity index (χ0n) is 19.3. The van der Waals surface area contributed by atoms with Gasteiger partial charge in [-0.25, -0.2) is 28.2 Å². The van der Waals surface area contributed by atoms with Crippen LogP contribution in [0.3, 0.4) is 0 Å². The first-order valence-electron chi connectivity index (χ1n) is 10.5. The van der Waals surface area contributed by atoms with E-state index in [4.69, 9.17) is 5.14 Å². The van der Waals surface area contributed by atoms with Gasteiger partial charge in [-0.1, -0.05) is 34.7 Å². The van der Waals surface area contributed by atoms with Crippen molar-refractivity contribution in [3.05, 3.63) is 82.9 Å². The van der Waals surface area contributed by atoms with Gasteiger partial charge in [0.1, 0.15) is 0 Å².